The molecule has 1 aromatic heterocycles. The lowest BCUT2D eigenvalue weighted by Gasteiger charge is -2.29. The Bertz CT molecular complexity index is 1620. The lowest BCUT2D eigenvalue weighted by atomic mass is 10.0. The fourth-order valence-electron chi connectivity index (χ4n) is 6.91. The number of carbonyl (C=O) groups is 4. The van der Waals surface area contributed by atoms with Crippen LogP contribution in [-0.2, 0) is 38.8 Å². The summed E-state index contributed by atoms with van der Waals surface area (Å²) in [5, 5.41) is 17.5. The lowest BCUT2D eigenvalue weighted by Crippen LogP contribution is -2.57. The molecule has 3 N–H and O–H groups in total. The number of hydrogen-bond donors (Lipinski definition) is 3. The van der Waals surface area contributed by atoms with Gasteiger partial charge in [0.1, 0.15) is 35.0 Å². The first-order valence-corrected chi connectivity index (χ1v) is 16.2. The fraction of sp³-hybridized carbons (Fsp3) is 0.500. The first kappa shape index (κ1) is 32.2. The van der Waals surface area contributed by atoms with Crippen LogP contribution >= 0.6 is 0 Å². The van der Waals surface area contributed by atoms with Crippen LogP contribution in [0, 0.1) is 30.1 Å². The summed E-state index contributed by atoms with van der Waals surface area (Å²) in [5.41, 5.74) is -0.175. The van der Waals surface area contributed by atoms with Gasteiger partial charge >= 0.3 is 6.09 Å². The van der Waals surface area contributed by atoms with Gasteiger partial charge < -0.3 is 19.4 Å². The highest BCUT2D eigenvalue weighted by Crippen LogP contribution is 2.45. The molecular formula is C34H39FN6O6. The van der Waals surface area contributed by atoms with E-state index in [1.165, 1.54) is 15.9 Å². The molecule has 6 rings (SSSR count). The summed E-state index contributed by atoms with van der Waals surface area (Å²) in [7, 11) is 0. The molecule has 1 aromatic carbocycles. The second-order valence-electron chi connectivity index (χ2n) is 12.8. The fourth-order valence-corrected chi connectivity index (χ4v) is 6.91. The van der Waals surface area contributed by atoms with Crippen LogP contribution in [0.15, 0.2) is 46.9 Å². The van der Waals surface area contributed by atoms with Gasteiger partial charge in [0.15, 0.2) is 6.19 Å². The molecule has 47 heavy (non-hydrogen) atoms. The predicted octanol–water partition coefficient (Wildman–Crippen LogP) is 3.30. The highest BCUT2D eigenvalue weighted by molar-refractivity contribution is 5.98. The topological polar surface area (TPSA) is 157 Å². The highest BCUT2D eigenvalue weighted by Gasteiger charge is 2.61. The van der Waals surface area contributed by atoms with E-state index in [0.29, 0.717) is 36.3 Å². The van der Waals surface area contributed by atoms with Crippen molar-refractivity contribution in [3.8, 4) is 6.19 Å². The number of hydrogen-bond acceptors (Lipinski definition) is 8. The number of allylic oxidation sites excluding steroid dienone is 1. The second kappa shape index (κ2) is 13.6. The van der Waals surface area contributed by atoms with E-state index in [-0.39, 0.29) is 37.9 Å². The van der Waals surface area contributed by atoms with Crippen LogP contribution in [0.1, 0.15) is 67.6 Å². The Labute approximate surface area is 272 Å². The van der Waals surface area contributed by atoms with Crippen molar-refractivity contribution in [3.05, 3.63) is 70.9 Å². The number of ether oxygens (including phenoxy) is 1. The number of nitrogens with zero attached hydrogens (tertiary/aromatic N) is 3. The van der Waals surface area contributed by atoms with Crippen LogP contribution < -0.4 is 16.0 Å². The van der Waals surface area contributed by atoms with Crippen LogP contribution in [0.5, 0.6) is 0 Å². The Morgan fingerprint density at radius 3 is 2.81 bits per heavy atom. The number of furan rings is 1. The van der Waals surface area contributed by atoms with Gasteiger partial charge in [0, 0.05) is 24.4 Å². The Kier molecular flexibility index (Phi) is 9.31. The predicted molar refractivity (Wildman–Crippen MR) is 165 cm³/mol. The van der Waals surface area contributed by atoms with Gasteiger partial charge in [-0.25, -0.2) is 9.18 Å². The van der Waals surface area contributed by atoms with Gasteiger partial charge in [-0.3, -0.25) is 29.9 Å². The van der Waals surface area contributed by atoms with E-state index in [0.717, 1.165) is 31.4 Å². The molecule has 0 bridgehead atoms. The molecule has 2 aromatic rings. The van der Waals surface area contributed by atoms with Gasteiger partial charge in [-0.05, 0) is 56.4 Å². The maximum Gasteiger partial charge on any atom is 0.410 e. The molecule has 0 spiro atoms. The van der Waals surface area contributed by atoms with E-state index >= 15 is 0 Å². The quantitative estimate of drug-likeness (QED) is 0.254. The average Bonchev–Trinajstić information content (AvgIpc) is 3.40. The molecule has 4 amide bonds. The van der Waals surface area contributed by atoms with Gasteiger partial charge in [-0.2, -0.15) is 5.26 Å². The molecular weight excluding hydrogens is 607 g/mol. The summed E-state index contributed by atoms with van der Waals surface area (Å²) in [6, 6.07) is 6.71. The Balaban J connectivity index is 1.23. The van der Waals surface area contributed by atoms with Crippen LogP contribution in [0.2, 0.25) is 0 Å². The number of benzene rings is 1. The lowest BCUT2D eigenvalue weighted by molar-refractivity contribution is -0.141. The summed E-state index contributed by atoms with van der Waals surface area (Å²) in [5.74, 6) is -0.761. The van der Waals surface area contributed by atoms with Gasteiger partial charge in [0.05, 0.1) is 25.7 Å². The van der Waals surface area contributed by atoms with E-state index in [9.17, 15) is 23.6 Å². The summed E-state index contributed by atoms with van der Waals surface area (Å²) in [6.07, 6.45) is 8.25. The molecule has 1 aliphatic carbocycles. The largest absolute Gasteiger partial charge is 0.465 e. The van der Waals surface area contributed by atoms with E-state index in [1.807, 2.05) is 31.2 Å². The standard InChI is InChI=1S/C34H39FN6O6/c1-21-12-13-24(46-21)16-37-28-11-6-4-2-3-5-9-23-15-34(23,32(44)38-20-36)39-30(42)29-14-25(18-41(29)31(28)43)47-33(45)40-17-22-8-7-10-27(35)26(22)19-40/h5,7-10,12-13,23,25,28-29,37H,2-4,6,11,14-19H2,1H3,(H,38,44)(H,39,42)/b9-5-/t23-,25+,28-,29?,34+/m0/s1. The average molecular weight is 647 g/mol. The minimum absolute atomic E-state index is 0.0129. The van der Waals surface area contributed by atoms with Crippen LogP contribution in [-0.4, -0.2) is 63.9 Å². The number of fused-ring (bicyclic) bond motifs is 3. The molecule has 248 valence electrons. The third-order valence-corrected chi connectivity index (χ3v) is 9.58. The zero-order valence-corrected chi connectivity index (χ0v) is 26.3. The number of carbonyl (C=O) groups excluding carboxylic acids is 4. The number of halogens is 1. The smallest absolute Gasteiger partial charge is 0.410 e. The molecule has 4 aliphatic rings. The molecule has 3 aliphatic heterocycles. The number of nitriles is 1. The van der Waals surface area contributed by atoms with Gasteiger partial charge in [-0.1, -0.05) is 37.1 Å². The van der Waals surface area contributed by atoms with E-state index in [1.54, 1.807) is 18.3 Å². The first-order valence-electron chi connectivity index (χ1n) is 16.2. The molecule has 1 saturated heterocycles. The molecule has 13 heteroatoms. The van der Waals surface area contributed by atoms with Crippen molar-refractivity contribution in [2.45, 2.75) is 95.2 Å². The van der Waals surface area contributed by atoms with Crippen molar-refractivity contribution in [3.63, 3.8) is 0 Å². The van der Waals surface area contributed by atoms with Gasteiger partial charge in [-0.15, -0.1) is 0 Å². The van der Waals surface area contributed by atoms with Crippen molar-refractivity contribution >= 4 is 23.8 Å². The molecule has 4 heterocycles. The third-order valence-electron chi connectivity index (χ3n) is 9.58. The molecule has 2 fully saturated rings. The van der Waals surface area contributed by atoms with Gasteiger partial charge in [0.25, 0.3) is 5.91 Å². The van der Waals surface area contributed by atoms with E-state index < -0.39 is 47.5 Å². The number of rotatable bonds is 5. The SMILES string of the molecule is Cc1ccc(CN[C@H]2CCCCC/C=C\[C@H]3C[C@@]3(C(=O)NC#N)NC(=O)C3C[C@@H](OC(=O)N4Cc5cccc(F)c5C4)CN3C2=O)o1. The summed E-state index contributed by atoms with van der Waals surface area (Å²) in [4.78, 5) is 57.3. The second-order valence-corrected chi connectivity index (χ2v) is 12.8. The monoisotopic (exact) mass is 646 g/mol. The molecule has 12 nitrogen and oxygen atoms in total. The van der Waals surface area contributed by atoms with Crippen molar-refractivity contribution in [2.75, 3.05) is 6.54 Å². The van der Waals surface area contributed by atoms with E-state index in [4.69, 9.17) is 14.4 Å². The van der Waals surface area contributed by atoms with Crippen molar-refractivity contribution < 1.29 is 32.7 Å². The maximum atomic E-state index is 14.3. The normalized spacial score (nSPS) is 28.1. The van der Waals surface area contributed by atoms with Crippen LogP contribution in [0.3, 0.4) is 0 Å². The number of nitrogens with one attached hydrogen (secondary N) is 3. The zero-order valence-electron chi connectivity index (χ0n) is 26.3. The number of amides is 4. The zero-order chi connectivity index (χ0) is 33.1. The summed E-state index contributed by atoms with van der Waals surface area (Å²) in [6.45, 7) is 2.37. The first-order chi connectivity index (χ1) is 22.7. The molecule has 5 atom stereocenters. The third kappa shape index (κ3) is 6.88. The summed E-state index contributed by atoms with van der Waals surface area (Å²) < 4.78 is 25.9. The Morgan fingerprint density at radius 2 is 2.04 bits per heavy atom. The Morgan fingerprint density at radius 1 is 1.19 bits per heavy atom. The van der Waals surface area contributed by atoms with Crippen molar-refractivity contribution in [1.29, 1.82) is 5.26 Å². The Hall–Kier alpha value is -4.70. The van der Waals surface area contributed by atoms with Crippen LogP contribution in [0.4, 0.5) is 9.18 Å². The maximum absolute atomic E-state index is 14.3. The van der Waals surface area contributed by atoms with Crippen LogP contribution in [0.25, 0.3) is 0 Å². The number of aryl methyl sites for hydroxylation is 1. The minimum atomic E-state index is -1.31. The molecule has 1 saturated carbocycles. The van der Waals surface area contributed by atoms with Crippen molar-refractivity contribution in [1.82, 2.24) is 25.8 Å². The van der Waals surface area contributed by atoms with Crippen molar-refractivity contribution in [2.24, 2.45) is 5.92 Å². The minimum Gasteiger partial charge on any atom is -0.465 e. The molecule has 1 unspecified atom stereocenters. The van der Waals surface area contributed by atoms with Gasteiger partial charge in [0.2, 0.25) is 11.8 Å². The molecule has 0 radical (unpaired) electrons. The summed E-state index contributed by atoms with van der Waals surface area (Å²) >= 11 is 0. The highest BCUT2D eigenvalue weighted by atomic mass is 19.1. The van der Waals surface area contributed by atoms with E-state index in [2.05, 4.69) is 16.0 Å².